The van der Waals surface area contributed by atoms with Crippen molar-refractivity contribution in [2.45, 2.75) is 19.6 Å². The van der Waals surface area contributed by atoms with Gasteiger partial charge in [-0.3, -0.25) is 4.79 Å². The van der Waals surface area contributed by atoms with Gasteiger partial charge < -0.3 is 10.1 Å². The molecule has 0 spiro atoms. The largest absolute Gasteiger partial charge is 0.487 e. The van der Waals surface area contributed by atoms with Crippen LogP contribution in [0.15, 0.2) is 84.2 Å². The third-order valence-electron chi connectivity index (χ3n) is 4.76. The predicted octanol–water partition coefficient (Wildman–Crippen LogP) is 6.20. The topological polar surface area (TPSA) is 51.2 Å². The summed E-state index contributed by atoms with van der Waals surface area (Å²) in [6, 6.07) is 24.2. The van der Waals surface area contributed by atoms with E-state index in [9.17, 15) is 4.79 Å². The number of nitrogens with one attached hydrogen (secondary N) is 1. The van der Waals surface area contributed by atoms with E-state index >= 15 is 0 Å². The second-order valence-electron chi connectivity index (χ2n) is 7.04. The number of carbonyl (C=O) groups excluding carboxylic acids is 1. The first kappa shape index (κ1) is 21.1. The van der Waals surface area contributed by atoms with E-state index in [1.165, 1.54) is 0 Å². The molecule has 4 aromatic rings. The van der Waals surface area contributed by atoms with Crippen LogP contribution in [0.3, 0.4) is 0 Å². The van der Waals surface area contributed by atoms with Crippen molar-refractivity contribution in [3.63, 3.8) is 0 Å². The summed E-state index contributed by atoms with van der Waals surface area (Å²) in [6.07, 6.45) is 0. The van der Waals surface area contributed by atoms with Gasteiger partial charge in [0.25, 0.3) is 5.91 Å². The summed E-state index contributed by atoms with van der Waals surface area (Å²) in [7, 11) is 0. The zero-order valence-electron chi connectivity index (χ0n) is 16.9. The van der Waals surface area contributed by atoms with Crippen LogP contribution in [0.4, 0.5) is 0 Å². The van der Waals surface area contributed by atoms with Crippen molar-refractivity contribution in [1.82, 2.24) is 10.3 Å². The van der Waals surface area contributed by atoms with Crippen LogP contribution in [0, 0.1) is 6.92 Å². The normalized spacial score (nSPS) is 11.7. The molecule has 1 heterocycles. The van der Waals surface area contributed by atoms with Crippen molar-refractivity contribution in [3.8, 4) is 5.75 Å². The molecule has 0 unspecified atom stereocenters. The van der Waals surface area contributed by atoms with Gasteiger partial charge in [-0.05, 0) is 48.4 Å². The van der Waals surface area contributed by atoms with Gasteiger partial charge in [-0.1, -0.05) is 60.1 Å². The van der Waals surface area contributed by atoms with E-state index in [0.717, 1.165) is 21.8 Å². The Kier molecular flexibility index (Phi) is 6.65. The predicted molar refractivity (Wildman–Crippen MR) is 125 cm³/mol. The summed E-state index contributed by atoms with van der Waals surface area (Å²) in [5, 5.41) is 6.77. The number of aryl methyl sites for hydroxylation is 1. The fourth-order valence-corrected chi connectivity index (χ4v) is 3.96. The van der Waals surface area contributed by atoms with Gasteiger partial charge in [0, 0.05) is 16.0 Å². The molecule has 156 valence electrons. The first-order chi connectivity index (χ1) is 15.1. The Morgan fingerprint density at radius 2 is 1.77 bits per heavy atom. The number of halogens is 1. The summed E-state index contributed by atoms with van der Waals surface area (Å²) >= 11 is 7.64. The van der Waals surface area contributed by atoms with Crippen LogP contribution in [0.5, 0.6) is 5.75 Å². The van der Waals surface area contributed by atoms with E-state index < -0.39 is 0 Å². The highest BCUT2D eigenvalue weighted by Gasteiger charge is 2.18. The van der Waals surface area contributed by atoms with E-state index in [4.69, 9.17) is 16.3 Å². The van der Waals surface area contributed by atoms with E-state index in [2.05, 4.69) is 10.3 Å². The fraction of sp³-hybridized carbons (Fsp3) is 0.120. The van der Waals surface area contributed by atoms with Crippen molar-refractivity contribution in [3.05, 3.63) is 117 Å². The highest BCUT2D eigenvalue weighted by Crippen LogP contribution is 2.25. The summed E-state index contributed by atoms with van der Waals surface area (Å²) in [5.74, 6) is 0.444. The fourth-order valence-electron chi connectivity index (χ4n) is 3.23. The molecule has 4 nitrogen and oxygen atoms in total. The Balaban J connectivity index is 1.52. The van der Waals surface area contributed by atoms with Crippen LogP contribution < -0.4 is 10.1 Å². The highest BCUT2D eigenvalue weighted by molar-refractivity contribution is 7.09. The summed E-state index contributed by atoms with van der Waals surface area (Å²) in [4.78, 5) is 17.5. The average molecular weight is 449 g/mol. The zero-order chi connectivity index (χ0) is 21.6. The first-order valence-corrected chi connectivity index (χ1v) is 11.1. The molecule has 1 atom stereocenters. The van der Waals surface area contributed by atoms with Crippen LogP contribution in [-0.2, 0) is 6.61 Å². The maximum atomic E-state index is 13.1. The molecule has 0 radical (unpaired) electrons. The summed E-state index contributed by atoms with van der Waals surface area (Å²) in [6.45, 7) is 2.33. The third-order valence-corrected chi connectivity index (χ3v) is 5.84. The van der Waals surface area contributed by atoms with Gasteiger partial charge in [0.2, 0.25) is 0 Å². The monoisotopic (exact) mass is 448 g/mol. The molecule has 0 aliphatic carbocycles. The van der Waals surface area contributed by atoms with Crippen LogP contribution >= 0.6 is 22.9 Å². The number of amides is 1. The molecule has 4 rings (SSSR count). The van der Waals surface area contributed by atoms with Crippen molar-refractivity contribution in [2.24, 2.45) is 0 Å². The molecular weight excluding hydrogens is 428 g/mol. The molecule has 0 saturated heterocycles. The van der Waals surface area contributed by atoms with E-state index in [1.54, 1.807) is 23.5 Å². The van der Waals surface area contributed by atoms with Crippen LogP contribution in [-0.4, -0.2) is 10.9 Å². The number of hydrogen-bond donors (Lipinski definition) is 1. The average Bonchev–Trinajstić information content (AvgIpc) is 3.22. The minimum Gasteiger partial charge on any atom is -0.487 e. The summed E-state index contributed by atoms with van der Waals surface area (Å²) in [5.41, 5.74) is 3.35. The Morgan fingerprint density at radius 1 is 1.03 bits per heavy atom. The number of ether oxygens (including phenoxy) is 1. The number of hydrogen-bond acceptors (Lipinski definition) is 4. The van der Waals surface area contributed by atoms with Gasteiger partial charge in [0.1, 0.15) is 12.4 Å². The van der Waals surface area contributed by atoms with Crippen molar-refractivity contribution in [2.75, 3.05) is 0 Å². The first-order valence-electron chi connectivity index (χ1n) is 9.83. The Hall–Kier alpha value is -3.15. The Bertz CT molecular complexity index is 1160. The van der Waals surface area contributed by atoms with Crippen LogP contribution in [0.1, 0.15) is 38.2 Å². The number of nitrogens with zero attached hydrogens (tertiary/aromatic N) is 1. The van der Waals surface area contributed by atoms with Gasteiger partial charge in [0.15, 0.2) is 0 Å². The van der Waals surface area contributed by atoms with Gasteiger partial charge in [-0.2, -0.15) is 0 Å². The second-order valence-corrected chi connectivity index (χ2v) is 8.54. The Morgan fingerprint density at radius 3 is 2.48 bits per heavy atom. The molecular formula is C25H21ClN2O2S. The number of aromatic nitrogens is 1. The van der Waals surface area contributed by atoms with Crippen LogP contribution in [0.2, 0.25) is 5.02 Å². The standard InChI is InChI=1S/C25H21ClN2O2S/c1-17-27-22(16-31-17)15-30-23-9-5-8-20(14-23)25(29)28-24(18-6-3-2-4-7-18)19-10-12-21(26)13-11-19/h2-14,16,24H,15H2,1H3,(H,28,29)/t24-/m1/s1. The maximum absolute atomic E-state index is 13.1. The molecule has 0 aliphatic rings. The van der Waals surface area contributed by atoms with Gasteiger partial charge in [-0.15, -0.1) is 11.3 Å². The van der Waals surface area contributed by atoms with Crippen LogP contribution in [0.25, 0.3) is 0 Å². The molecule has 0 bridgehead atoms. The molecule has 0 fully saturated rings. The third kappa shape index (κ3) is 5.51. The van der Waals surface area contributed by atoms with E-state index in [-0.39, 0.29) is 11.9 Å². The van der Waals surface area contributed by atoms with Crippen molar-refractivity contribution >= 4 is 28.8 Å². The lowest BCUT2D eigenvalue weighted by molar-refractivity contribution is 0.0942. The van der Waals surface area contributed by atoms with Gasteiger partial charge in [0.05, 0.1) is 16.7 Å². The highest BCUT2D eigenvalue weighted by atomic mass is 35.5. The molecule has 6 heteroatoms. The molecule has 1 N–H and O–H groups in total. The quantitative estimate of drug-likeness (QED) is 0.366. The lowest BCUT2D eigenvalue weighted by atomic mass is 9.98. The van der Waals surface area contributed by atoms with Crippen molar-refractivity contribution < 1.29 is 9.53 Å². The smallest absolute Gasteiger partial charge is 0.252 e. The second kappa shape index (κ2) is 9.77. The lowest BCUT2D eigenvalue weighted by Gasteiger charge is -2.20. The molecule has 3 aromatic carbocycles. The minimum absolute atomic E-state index is 0.182. The zero-order valence-corrected chi connectivity index (χ0v) is 18.5. The minimum atomic E-state index is -0.298. The number of thiazole rings is 1. The maximum Gasteiger partial charge on any atom is 0.252 e. The van der Waals surface area contributed by atoms with Gasteiger partial charge in [-0.25, -0.2) is 4.98 Å². The molecule has 0 aliphatic heterocycles. The number of rotatable bonds is 7. The lowest BCUT2D eigenvalue weighted by Crippen LogP contribution is -2.29. The van der Waals surface area contributed by atoms with E-state index in [0.29, 0.717) is 22.9 Å². The van der Waals surface area contributed by atoms with Gasteiger partial charge >= 0.3 is 0 Å². The molecule has 31 heavy (non-hydrogen) atoms. The Labute approximate surface area is 190 Å². The molecule has 1 aromatic heterocycles. The molecule has 0 saturated carbocycles. The summed E-state index contributed by atoms with van der Waals surface area (Å²) < 4.78 is 5.83. The van der Waals surface area contributed by atoms with Crippen molar-refractivity contribution in [1.29, 1.82) is 0 Å². The molecule has 1 amide bonds. The number of carbonyl (C=O) groups is 1. The SMILES string of the molecule is Cc1nc(COc2cccc(C(=O)N[C@H](c3ccccc3)c3ccc(Cl)cc3)c2)cs1. The number of benzene rings is 3. The van der Waals surface area contributed by atoms with E-state index in [1.807, 2.05) is 79.0 Å².